The van der Waals surface area contributed by atoms with Crippen LogP contribution in [-0.4, -0.2) is 9.97 Å². The fraction of sp³-hybridized carbons (Fsp3) is 0.550. The second-order valence-corrected chi connectivity index (χ2v) is 6.39. The van der Waals surface area contributed by atoms with Gasteiger partial charge < -0.3 is 4.98 Å². The first kappa shape index (κ1) is 16.8. The van der Waals surface area contributed by atoms with E-state index in [4.69, 9.17) is 4.98 Å². The van der Waals surface area contributed by atoms with Crippen LogP contribution in [0.1, 0.15) is 75.7 Å². The lowest BCUT2D eigenvalue weighted by atomic mass is 9.98. The predicted octanol–water partition coefficient (Wildman–Crippen LogP) is 6.20. The number of benzene rings is 1. The molecule has 0 saturated carbocycles. The average Bonchev–Trinajstić information content (AvgIpc) is 2.90. The molecule has 0 aliphatic heterocycles. The maximum absolute atomic E-state index is 4.71. The highest BCUT2D eigenvalue weighted by atomic mass is 14.9. The van der Waals surface area contributed by atoms with E-state index in [1.165, 1.54) is 48.8 Å². The summed E-state index contributed by atoms with van der Waals surface area (Å²) in [5, 5.41) is 0. The number of rotatable bonds is 9. The number of H-pyrrole nitrogens is 1. The highest BCUT2D eigenvalue weighted by Crippen LogP contribution is 2.26. The molecule has 0 spiro atoms. The molecule has 0 fully saturated rings. The highest BCUT2D eigenvalue weighted by Gasteiger charge is 2.08. The summed E-state index contributed by atoms with van der Waals surface area (Å²) in [5.41, 5.74) is 6.05. The van der Waals surface area contributed by atoms with Gasteiger partial charge in [-0.3, -0.25) is 0 Å². The van der Waals surface area contributed by atoms with E-state index in [0.29, 0.717) is 0 Å². The fourth-order valence-electron chi connectivity index (χ4n) is 2.99. The normalized spacial score (nSPS) is 11.2. The summed E-state index contributed by atoms with van der Waals surface area (Å²) in [6.07, 6.45) is 9.81. The van der Waals surface area contributed by atoms with Crippen molar-refractivity contribution in [2.75, 3.05) is 0 Å². The number of hydrogen-bond acceptors (Lipinski definition) is 1. The molecule has 2 nitrogen and oxygen atoms in total. The van der Waals surface area contributed by atoms with E-state index in [0.717, 1.165) is 36.1 Å². The molecule has 2 rings (SSSR count). The van der Waals surface area contributed by atoms with Crippen LogP contribution in [-0.2, 0) is 6.42 Å². The number of aromatic nitrogens is 2. The lowest BCUT2D eigenvalue weighted by Gasteiger charge is -2.08. The van der Waals surface area contributed by atoms with Gasteiger partial charge in [0, 0.05) is 6.42 Å². The molecule has 0 atom stereocenters. The van der Waals surface area contributed by atoms with E-state index < -0.39 is 0 Å². The number of hydrogen-bond donors (Lipinski definition) is 1. The third-order valence-corrected chi connectivity index (χ3v) is 4.30. The predicted molar refractivity (Wildman–Crippen MR) is 97.2 cm³/mol. The van der Waals surface area contributed by atoms with Crippen molar-refractivity contribution in [3.8, 4) is 0 Å². The molecule has 0 aliphatic rings. The maximum Gasteiger partial charge on any atom is 0.107 e. The molecule has 2 heteroatoms. The molecule has 22 heavy (non-hydrogen) atoms. The average molecular weight is 298 g/mol. The van der Waals surface area contributed by atoms with Crippen LogP contribution < -0.4 is 0 Å². The Balaban J connectivity index is 2.05. The number of aromatic amines is 1. The molecule has 0 unspecified atom stereocenters. The summed E-state index contributed by atoms with van der Waals surface area (Å²) < 4.78 is 0. The van der Waals surface area contributed by atoms with Gasteiger partial charge in [-0.15, -0.1) is 0 Å². The van der Waals surface area contributed by atoms with E-state index in [1.807, 2.05) is 0 Å². The third kappa shape index (κ3) is 4.22. The van der Waals surface area contributed by atoms with E-state index >= 15 is 0 Å². The van der Waals surface area contributed by atoms with E-state index in [9.17, 15) is 0 Å². The molecule has 1 N–H and O–H groups in total. The Bertz CT molecular complexity index is 622. The largest absolute Gasteiger partial charge is 0.342 e. The van der Waals surface area contributed by atoms with Gasteiger partial charge in [-0.25, -0.2) is 4.98 Å². The molecule has 1 aromatic heterocycles. The highest BCUT2D eigenvalue weighted by molar-refractivity contribution is 5.83. The Kier molecular flexibility index (Phi) is 6.23. The van der Waals surface area contributed by atoms with Crippen molar-refractivity contribution in [1.29, 1.82) is 0 Å². The molecular formula is C20H30N2. The van der Waals surface area contributed by atoms with Crippen molar-refractivity contribution >= 4 is 16.6 Å². The Morgan fingerprint density at radius 3 is 2.59 bits per heavy atom. The fourth-order valence-corrected chi connectivity index (χ4v) is 2.99. The molecule has 0 amide bonds. The van der Waals surface area contributed by atoms with Crippen molar-refractivity contribution in [2.45, 2.75) is 72.1 Å². The molecule has 0 aliphatic carbocycles. The Labute approximate surface area is 135 Å². The second kappa shape index (κ2) is 8.17. The first-order valence-electron chi connectivity index (χ1n) is 8.83. The monoisotopic (exact) mass is 298 g/mol. The van der Waals surface area contributed by atoms with E-state index in [2.05, 4.69) is 44.5 Å². The number of allylic oxidation sites excluding steroid dienone is 1. The summed E-state index contributed by atoms with van der Waals surface area (Å²) >= 11 is 0. The van der Waals surface area contributed by atoms with Gasteiger partial charge in [-0.1, -0.05) is 46.1 Å². The molecule has 0 radical (unpaired) electrons. The first-order chi connectivity index (χ1) is 10.7. The zero-order chi connectivity index (χ0) is 15.9. The Morgan fingerprint density at radius 1 is 1.09 bits per heavy atom. The van der Waals surface area contributed by atoms with Crippen LogP contribution in [0.25, 0.3) is 16.6 Å². The zero-order valence-electron chi connectivity index (χ0n) is 14.5. The molecule has 120 valence electrons. The summed E-state index contributed by atoms with van der Waals surface area (Å²) in [5.74, 6) is 1.10. The van der Waals surface area contributed by atoms with Crippen LogP contribution in [0.3, 0.4) is 0 Å². The van der Waals surface area contributed by atoms with Gasteiger partial charge in [0.1, 0.15) is 5.82 Å². The minimum atomic E-state index is 1.02. The van der Waals surface area contributed by atoms with E-state index in [1.54, 1.807) is 0 Å². The van der Waals surface area contributed by atoms with Crippen LogP contribution in [0.4, 0.5) is 0 Å². The molecule has 0 saturated heterocycles. The summed E-state index contributed by atoms with van der Waals surface area (Å²) in [6, 6.07) is 4.47. The van der Waals surface area contributed by atoms with E-state index in [-0.39, 0.29) is 0 Å². The Morgan fingerprint density at radius 2 is 1.86 bits per heavy atom. The minimum absolute atomic E-state index is 1.02. The van der Waals surface area contributed by atoms with Crippen molar-refractivity contribution in [3.63, 3.8) is 0 Å². The van der Waals surface area contributed by atoms with Gasteiger partial charge in [-0.05, 0) is 55.0 Å². The molecular weight excluding hydrogens is 268 g/mol. The smallest absolute Gasteiger partial charge is 0.107 e. The summed E-state index contributed by atoms with van der Waals surface area (Å²) in [4.78, 5) is 8.18. The van der Waals surface area contributed by atoms with Crippen molar-refractivity contribution in [1.82, 2.24) is 9.97 Å². The van der Waals surface area contributed by atoms with Gasteiger partial charge in [0.2, 0.25) is 0 Å². The quantitative estimate of drug-likeness (QED) is 0.549. The topological polar surface area (TPSA) is 28.7 Å². The molecule has 0 bridgehead atoms. The SMILES string of the molecule is C=C(CCCCCCC)c1cc(C)c2nc(CCC)[nH]c2c1. The van der Waals surface area contributed by atoms with Crippen molar-refractivity contribution in [3.05, 3.63) is 35.7 Å². The lowest BCUT2D eigenvalue weighted by molar-refractivity contribution is 0.640. The van der Waals surface area contributed by atoms with Crippen molar-refractivity contribution < 1.29 is 0 Å². The maximum atomic E-state index is 4.71. The number of unbranched alkanes of at least 4 members (excludes halogenated alkanes) is 4. The van der Waals surface area contributed by atoms with Gasteiger partial charge >= 0.3 is 0 Å². The minimum Gasteiger partial charge on any atom is -0.342 e. The zero-order valence-corrected chi connectivity index (χ0v) is 14.5. The van der Waals surface area contributed by atoms with Gasteiger partial charge in [0.05, 0.1) is 11.0 Å². The van der Waals surface area contributed by atoms with Crippen LogP contribution in [0.15, 0.2) is 18.7 Å². The molecule has 1 aromatic carbocycles. The van der Waals surface area contributed by atoms with Gasteiger partial charge in [0.15, 0.2) is 0 Å². The molecule has 2 aromatic rings. The van der Waals surface area contributed by atoms with Gasteiger partial charge in [-0.2, -0.15) is 0 Å². The van der Waals surface area contributed by atoms with Crippen molar-refractivity contribution in [2.24, 2.45) is 0 Å². The molecule has 1 heterocycles. The third-order valence-electron chi connectivity index (χ3n) is 4.30. The number of imidazole rings is 1. The summed E-state index contributed by atoms with van der Waals surface area (Å²) in [6.45, 7) is 10.9. The van der Waals surface area contributed by atoms with Crippen LogP contribution in [0.2, 0.25) is 0 Å². The standard InChI is InChI=1S/C20H30N2/c1-5-7-8-9-10-12-15(3)17-13-16(4)20-18(14-17)21-19(22-20)11-6-2/h13-14H,3,5-12H2,1-2,4H3,(H,21,22). The first-order valence-corrected chi connectivity index (χ1v) is 8.83. The number of fused-ring (bicyclic) bond motifs is 1. The van der Waals surface area contributed by atoms with Gasteiger partial charge in [0.25, 0.3) is 0 Å². The van der Waals surface area contributed by atoms with Crippen LogP contribution >= 0.6 is 0 Å². The van der Waals surface area contributed by atoms with Crippen LogP contribution in [0, 0.1) is 6.92 Å². The lowest BCUT2D eigenvalue weighted by Crippen LogP contribution is -1.88. The number of aryl methyl sites for hydroxylation is 2. The van der Waals surface area contributed by atoms with Crippen LogP contribution in [0.5, 0.6) is 0 Å². The second-order valence-electron chi connectivity index (χ2n) is 6.39. The Hall–Kier alpha value is -1.57. The number of nitrogens with one attached hydrogen (secondary N) is 1. The summed E-state index contributed by atoms with van der Waals surface area (Å²) in [7, 11) is 0. The number of nitrogens with zero attached hydrogens (tertiary/aromatic N) is 1.